The van der Waals surface area contributed by atoms with E-state index in [1.165, 1.54) is 16.3 Å². The second kappa shape index (κ2) is 7.59. The number of carbonyl (C=O) groups is 1. The van der Waals surface area contributed by atoms with Crippen LogP contribution >= 0.6 is 0 Å². The van der Waals surface area contributed by atoms with E-state index in [4.69, 9.17) is 0 Å². The van der Waals surface area contributed by atoms with Gasteiger partial charge in [-0.3, -0.25) is 14.5 Å². The summed E-state index contributed by atoms with van der Waals surface area (Å²) in [5.74, 6) is -0.187. The van der Waals surface area contributed by atoms with Crippen molar-refractivity contribution in [1.82, 2.24) is 24.4 Å². The predicted molar refractivity (Wildman–Crippen MR) is 107 cm³/mol. The first-order valence-electron chi connectivity index (χ1n) is 9.73. The first-order valence-corrected chi connectivity index (χ1v) is 9.73. The number of rotatable bonds is 5. The molecule has 1 aliphatic heterocycles. The molecule has 7 heteroatoms. The van der Waals surface area contributed by atoms with Crippen molar-refractivity contribution < 1.29 is 4.79 Å². The van der Waals surface area contributed by atoms with Gasteiger partial charge in [0.05, 0.1) is 11.8 Å². The SMILES string of the molecule is CCCNC(=O)c1cnn2c(=O)c3c(n(C)c12)CCN(Cc1ccccc1)C3. The fraction of sp³-hybridized carbons (Fsp3) is 0.381. The number of hydrogen-bond donors (Lipinski definition) is 1. The third-order valence-corrected chi connectivity index (χ3v) is 5.34. The second-order valence-electron chi connectivity index (χ2n) is 7.29. The van der Waals surface area contributed by atoms with Crippen molar-refractivity contribution in [3.63, 3.8) is 0 Å². The Hall–Kier alpha value is -2.93. The van der Waals surface area contributed by atoms with E-state index in [0.29, 0.717) is 24.3 Å². The summed E-state index contributed by atoms with van der Waals surface area (Å²) in [5, 5.41) is 7.10. The minimum atomic E-state index is -0.187. The van der Waals surface area contributed by atoms with Gasteiger partial charge in [-0.25, -0.2) is 0 Å². The first kappa shape index (κ1) is 18.4. The highest BCUT2D eigenvalue weighted by Crippen LogP contribution is 2.20. The highest BCUT2D eigenvalue weighted by atomic mass is 16.2. The first-order chi connectivity index (χ1) is 13.6. The fourth-order valence-corrected chi connectivity index (χ4v) is 3.91. The zero-order valence-electron chi connectivity index (χ0n) is 16.3. The van der Waals surface area contributed by atoms with Crippen molar-refractivity contribution in [1.29, 1.82) is 0 Å². The molecule has 0 aliphatic carbocycles. The van der Waals surface area contributed by atoms with Crippen LogP contribution in [0.5, 0.6) is 0 Å². The molecule has 0 saturated heterocycles. The molecule has 0 unspecified atom stereocenters. The van der Waals surface area contributed by atoms with Gasteiger partial charge < -0.3 is 9.88 Å². The van der Waals surface area contributed by atoms with Crippen molar-refractivity contribution in [2.45, 2.75) is 32.9 Å². The van der Waals surface area contributed by atoms with Crippen LogP contribution in [0.4, 0.5) is 0 Å². The van der Waals surface area contributed by atoms with Gasteiger partial charge in [-0.1, -0.05) is 37.3 Å². The summed E-state index contributed by atoms with van der Waals surface area (Å²) in [6.07, 6.45) is 3.12. The number of carbonyl (C=O) groups excluding carboxylic acids is 1. The van der Waals surface area contributed by atoms with Crippen molar-refractivity contribution in [2.24, 2.45) is 7.05 Å². The molecule has 2 aromatic heterocycles. The summed E-state index contributed by atoms with van der Waals surface area (Å²) < 4.78 is 3.33. The van der Waals surface area contributed by atoms with E-state index in [9.17, 15) is 9.59 Å². The number of fused-ring (bicyclic) bond motifs is 2. The average molecular weight is 379 g/mol. The minimum absolute atomic E-state index is 0.129. The minimum Gasteiger partial charge on any atom is -0.352 e. The third-order valence-electron chi connectivity index (χ3n) is 5.34. The lowest BCUT2D eigenvalue weighted by atomic mass is 10.1. The third kappa shape index (κ3) is 3.22. The molecule has 1 N–H and O–H groups in total. The van der Waals surface area contributed by atoms with Crippen LogP contribution in [0.1, 0.15) is 40.5 Å². The Kier molecular flexibility index (Phi) is 5.00. The van der Waals surface area contributed by atoms with Crippen molar-refractivity contribution in [2.75, 3.05) is 13.1 Å². The Morgan fingerprint density at radius 2 is 2.04 bits per heavy atom. The number of nitrogens with one attached hydrogen (secondary N) is 1. The highest BCUT2D eigenvalue weighted by molar-refractivity contribution is 5.99. The van der Waals surface area contributed by atoms with Gasteiger partial charge in [0, 0.05) is 45.3 Å². The molecule has 1 amide bonds. The summed E-state index contributed by atoms with van der Waals surface area (Å²) in [6, 6.07) is 10.3. The molecule has 146 valence electrons. The average Bonchev–Trinajstić information content (AvgIpc) is 3.17. The number of benzene rings is 1. The molecule has 1 aromatic carbocycles. The van der Waals surface area contributed by atoms with Gasteiger partial charge in [0.15, 0.2) is 5.65 Å². The highest BCUT2D eigenvalue weighted by Gasteiger charge is 2.26. The lowest BCUT2D eigenvalue weighted by molar-refractivity contribution is 0.0955. The molecule has 0 fully saturated rings. The summed E-state index contributed by atoms with van der Waals surface area (Å²) in [4.78, 5) is 27.9. The molecule has 3 aromatic rings. The van der Waals surface area contributed by atoms with Gasteiger partial charge in [0.25, 0.3) is 11.5 Å². The smallest absolute Gasteiger partial charge is 0.279 e. The van der Waals surface area contributed by atoms with Crippen LogP contribution in [-0.2, 0) is 26.6 Å². The molecule has 0 bridgehead atoms. The van der Waals surface area contributed by atoms with E-state index in [2.05, 4.69) is 27.4 Å². The molecule has 7 nitrogen and oxygen atoms in total. The Morgan fingerprint density at radius 1 is 1.25 bits per heavy atom. The number of hydrogen-bond acceptors (Lipinski definition) is 4. The van der Waals surface area contributed by atoms with E-state index < -0.39 is 0 Å². The van der Waals surface area contributed by atoms with E-state index in [0.717, 1.165) is 37.2 Å². The van der Waals surface area contributed by atoms with Crippen molar-refractivity contribution >= 4 is 11.6 Å². The fourth-order valence-electron chi connectivity index (χ4n) is 3.91. The molecule has 0 saturated carbocycles. The molecule has 0 atom stereocenters. The van der Waals surface area contributed by atoms with Crippen LogP contribution in [-0.4, -0.2) is 38.1 Å². The Morgan fingerprint density at radius 3 is 2.79 bits per heavy atom. The maximum Gasteiger partial charge on any atom is 0.279 e. The van der Waals surface area contributed by atoms with Gasteiger partial charge in [-0.05, 0) is 12.0 Å². The molecule has 1 aliphatic rings. The quantitative estimate of drug-likeness (QED) is 0.733. The van der Waals surface area contributed by atoms with Gasteiger partial charge >= 0.3 is 0 Å². The lowest BCUT2D eigenvalue weighted by Gasteiger charge is -2.29. The van der Waals surface area contributed by atoms with E-state index >= 15 is 0 Å². The largest absolute Gasteiger partial charge is 0.352 e. The van der Waals surface area contributed by atoms with Gasteiger partial charge in [-0.2, -0.15) is 9.61 Å². The normalized spacial score (nSPS) is 14.2. The molecular weight excluding hydrogens is 354 g/mol. The lowest BCUT2D eigenvalue weighted by Crippen LogP contribution is -2.38. The van der Waals surface area contributed by atoms with Crippen LogP contribution in [0.2, 0.25) is 0 Å². The molecule has 0 radical (unpaired) electrons. The van der Waals surface area contributed by atoms with Crippen LogP contribution in [0.15, 0.2) is 41.3 Å². The monoisotopic (exact) mass is 379 g/mol. The van der Waals surface area contributed by atoms with Crippen LogP contribution < -0.4 is 10.9 Å². The summed E-state index contributed by atoms with van der Waals surface area (Å²) in [6.45, 7) is 4.87. The van der Waals surface area contributed by atoms with Crippen LogP contribution in [0, 0.1) is 0 Å². The molecule has 0 spiro atoms. The van der Waals surface area contributed by atoms with Gasteiger partial charge in [-0.15, -0.1) is 0 Å². The molecular formula is C21H25N5O2. The Bertz CT molecular complexity index is 1070. The zero-order chi connectivity index (χ0) is 19.7. The van der Waals surface area contributed by atoms with E-state index in [-0.39, 0.29) is 11.5 Å². The number of aryl methyl sites for hydroxylation is 1. The topological polar surface area (TPSA) is 71.6 Å². The van der Waals surface area contributed by atoms with Crippen molar-refractivity contribution in [3.05, 3.63) is 69.3 Å². The summed E-state index contributed by atoms with van der Waals surface area (Å²) in [5.41, 5.74) is 3.87. The maximum atomic E-state index is 13.1. The Labute approximate surface area is 163 Å². The molecule has 28 heavy (non-hydrogen) atoms. The van der Waals surface area contributed by atoms with Crippen LogP contribution in [0.3, 0.4) is 0 Å². The summed E-state index contributed by atoms with van der Waals surface area (Å²) >= 11 is 0. The van der Waals surface area contributed by atoms with E-state index in [1.807, 2.05) is 36.7 Å². The zero-order valence-corrected chi connectivity index (χ0v) is 16.3. The number of amides is 1. The second-order valence-corrected chi connectivity index (χ2v) is 7.29. The van der Waals surface area contributed by atoms with E-state index in [1.54, 1.807) is 0 Å². The number of aromatic nitrogens is 3. The van der Waals surface area contributed by atoms with Crippen molar-refractivity contribution in [3.8, 4) is 0 Å². The number of nitrogens with zero attached hydrogens (tertiary/aromatic N) is 4. The van der Waals surface area contributed by atoms with Gasteiger partial charge in [0.2, 0.25) is 0 Å². The maximum absolute atomic E-state index is 13.1. The molecule has 3 heterocycles. The van der Waals surface area contributed by atoms with Crippen LogP contribution in [0.25, 0.3) is 5.65 Å². The molecule has 4 rings (SSSR count). The predicted octanol–water partition coefficient (Wildman–Crippen LogP) is 1.73. The standard InChI is InChI=1S/C21H25N5O2/c1-3-10-22-19(27)16-12-23-26-20(16)24(2)18-9-11-25(14-17(18)21(26)28)13-15-7-5-4-6-8-15/h4-8,12H,3,9-11,13-14H2,1-2H3,(H,22,27). The Balaban J connectivity index is 1.69. The summed E-state index contributed by atoms with van der Waals surface area (Å²) in [7, 11) is 1.92. The van der Waals surface area contributed by atoms with Gasteiger partial charge in [0.1, 0.15) is 5.56 Å².